The van der Waals surface area contributed by atoms with E-state index in [-0.39, 0.29) is 5.69 Å². The topological polar surface area (TPSA) is 88.5 Å². The van der Waals surface area contributed by atoms with Crippen LogP contribution in [0.1, 0.15) is 10.5 Å². The molecule has 4 N–H and O–H groups in total. The van der Waals surface area contributed by atoms with Gasteiger partial charge in [0.25, 0.3) is 5.91 Å². The molecule has 0 bridgehead atoms. The van der Waals surface area contributed by atoms with Crippen LogP contribution in [0.5, 0.6) is 0 Å². The molecular weight excluding hydrogens is 218 g/mol. The van der Waals surface area contributed by atoms with Crippen molar-refractivity contribution in [3.63, 3.8) is 0 Å². The van der Waals surface area contributed by atoms with Crippen molar-refractivity contribution in [1.82, 2.24) is 9.88 Å². The summed E-state index contributed by atoms with van der Waals surface area (Å²) in [5.74, 6) is -0.590. The molecule has 1 aromatic heterocycles. The Morgan fingerprint density at radius 3 is 2.53 bits per heavy atom. The van der Waals surface area contributed by atoms with Gasteiger partial charge in [0.1, 0.15) is 0 Å². The first-order valence-corrected chi connectivity index (χ1v) is 5.57. The average Bonchev–Trinajstić information content (AvgIpc) is 2.29. The number of amides is 1. The van der Waals surface area contributed by atoms with Crippen LogP contribution in [0.4, 0.5) is 11.4 Å². The molecule has 2 rings (SSSR count). The summed E-state index contributed by atoms with van der Waals surface area (Å²) in [5, 5.41) is 0. The van der Waals surface area contributed by atoms with Crippen molar-refractivity contribution in [3.05, 3.63) is 18.0 Å². The van der Waals surface area contributed by atoms with Gasteiger partial charge in [-0.2, -0.15) is 0 Å². The zero-order valence-electron chi connectivity index (χ0n) is 9.89. The van der Waals surface area contributed by atoms with Gasteiger partial charge in [0, 0.05) is 26.2 Å². The second-order valence-corrected chi connectivity index (χ2v) is 4.29. The van der Waals surface area contributed by atoms with E-state index in [0.29, 0.717) is 5.69 Å². The highest BCUT2D eigenvalue weighted by molar-refractivity contribution is 5.96. The number of rotatable bonds is 2. The van der Waals surface area contributed by atoms with Gasteiger partial charge in [-0.25, -0.2) is 4.98 Å². The molecule has 6 heteroatoms. The number of carbonyl (C=O) groups is 1. The van der Waals surface area contributed by atoms with Gasteiger partial charge in [0.2, 0.25) is 0 Å². The average molecular weight is 235 g/mol. The van der Waals surface area contributed by atoms with Gasteiger partial charge in [-0.15, -0.1) is 0 Å². The van der Waals surface area contributed by atoms with Crippen molar-refractivity contribution < 1.29 is 4.79 Å². The summed E-state index contributed by atoms with van der Waals surface area (Å²) in [6.45, 7) is 3.90. The lowest BCUT2D eigenvalue weighted by Crippen LogP contribution is -2.44. The van der Waals surface area contributed by atoms with Crippen LogP contribution in [0, 0.1) is 0 Å². The fourth-order valence-electron chi connectivity index (χ4n) is 1.91. The van der Waals surface area contributed by atoms with Crippen molar-refractivity contribution in [2.24, 2.45) is 5.73 Å². The highest BCUT2D eigenvalue weighted by atomic mass is 16.1. The van der Waals surface area contributed by atoms with Crippen molar-refractivity contribution >= 4 is 17.3 Å². The minimum Gasteiger partial charge on any atom is -0.397 e. The lowest BCUT2D eigenvalue weighted by molar-refractivity contribution is 0.0996. The fraction of sp³-hybridized carbons (Fsp3) is 0.455. The summed E-state index contributed by atoms with van der Waals surface area (Å²) in [5.41, 5.74) is 12.3. The SMILES string of the molecule is CN1CCN(c2cnc(C(N)=O)c(N)c2)CC1. The van der Waals surface area contributed by atoms with Gasteiger partial charge in [0.05, 0.1) is 17.6 Å². The first-order valence-electron chi connectivity index (χ1n) is 5.57. The van der Waals surface area contributed by atoms with Crippen LogP contribution < -0.4 is 16.4 Å². The van der Waals surface area contributed by atoms with Gasteiger partial charge in [-0.3, -0.25) is 4.79 Å². The third-order valence-electron chi connectivity index (χ3n) is 3.00. The molecule has 0 saturated carbocycles. The molecule has 0 aromatic carbocycles. The maximum Gasteiger partial charge on any atom is 0.269 e. The number of nitrogens with two attached hydrogens (primary N) is 2. The number of primary amides is 1. The van der Waals surface area contributed by atoms with Crippen LogP contribution in [-0.4, -0.2) is 49.0 Å². The van der Waals surface area contributed by atoms with Gasteiger partial charge in [0.15, 0.2) is 5.69 Å². The maximum atomic E-state index is 11.0. The second-order valence-electron chi connectivity index (χ2n) is 4.29. The van der Waals surface area contributed by atoms with Crippen LogP contribution in [-0.2, 0) is 0 Å². The summed E-state index contributed by atoms with van der Waals surface area (Å²) < 4.78 is 0. The molecule has 1 aliphatic heterocycles. The van der Waals surface area contributed by atoms with Crippen LogP contribution in [0.2, 0.25) is 0 Å². The molecule has 17 heavy (non-hydrogen) atoms. The summed E-state index contributed by atoms with van der Waals surface area (Å²) in [7, 11) is 2.10. The Hall–Kier alpha value is -1.82. The highest BCUT2D eigenvalue weighted by Gasteiger charge is 2.16. The number of hydrogen-bond donors (Lipinski definition) is 2. The smallest absolute Gasteiger partial charge is 0.269 e. The van der Waals surface area contributed by atoms with Crippen molar-refractivity contribution in [1.29, 1.82) is 0 Å². The molecule has 1 aromatic rings. The monoisotopic (exact) mass is 235 g/mol. The molecule has 92 valence electrons. The van der Waals surface area contributed by atoms with E-state index in [1.807, 2.05) is 0 Å². The Morgan fingerprint density at radius 2 is 2.00 bits per heavy atom. The van der Waals surface area contributed by atoms with Gasteiger partial charge in [-0.1, -0.05) is 0 Å². The molecule has 0 atom stereocenters. The summed E-state index contributed by atoms with van der Waals surface area (Å²) in [4.78, 5) is 19.5. The standard InChI is InChI=1S/C11H17N5O/c1-15-2-4-16(5-3-15)8-6-9(12)10(11(13)17)14-7-8/h6-7H,2-5,12H2,1H3,(H2,13,17). The van der Waals surface area contributed by atoms with Crippen LogP contribution >= 0.6 is 0 Å². The number of anilines is 2. The number of nitrogen functional groups attached to an aromatic ring is 1. The predicted molar refractivity (Wildman–Crippen MR) is 66.9 cm³/mol. The minimum atomic E-state index is -0.590. The zero-order valence-corrected chi connectivity index (χ0v) is 9.89. The van der Waals surface area contributed by atoms with Gasteiger partial charge < -0.3 is 21.3 Å². The molecule has 1 saturated heterocycles. The largest absolute Gasteiger partial charge is 0.397 e. The number of carbonyl (C=O) groups excluding carboxylic acids is 1. The molecular formula is C11H17N5O. The van der Waals surface area contributed by atoms with E-state index < -0.39 is 5.91 Å². The quantitative estimate of drug-likeness (QED) is 0.722. The molecule has 6 nitrogen and oxygen atoms in total. The number of nitrogens with zero attached hydrogens (tertiary/aromatic N) is 3. The van der Waals surface area contributed by atoms with E-state index in [2.05, 4.69) is 21.8 Å². The number of aromatic nitrogens is 1. The third kappa shape index (κ3) is 2.47. The fourth-order valence-corrected chi connectivity index (χ4v) is 1.91. The normalized spacial score (nSPS) is 17.1. The van der Waals surface area contributed by atoms with E-state index >= 15 is 0 Å². The minimum absolute atomic E-state index is 0.142. The lowest BCUT2D eigenvalue weighted by atomic mass is 10.2. The van der Waals surface area contributed by atoms with E-state index in [1.165, 1.54) is 0 Å². The molecule has 0 radical (unpaired) electrons. The van der Waals surface area contributed by atoms with Crippen molar-refractivity contribution in [2.75, 3.05) is 43.9 Å². The summed E-state index contributed by atoms with van der Waals surface area (Å²) >= 11 is 0. The molecule has 2 heterocycles. The molecule has 0 unspecified atom stereocenters. The molecule has 1 aliphatic rings. The van der Waals surface area contributed by atoms with E-state index in [1.54, 1.807) is 12.3 Å². The van der Waals surface area contributed by atoms with Crippen LogP contribution in [0.3, 0.4) is 0 Å². The first-order chi connectivity index (χ1) is 8.08. The highest BCUT2D eigenvalue weighted by Crippen LogP contribution is 2.20. The Balaban J connectivity index is 2.17. The molecule has 0 aliphatic carbocycles. The third-order valence-corrected chi connectivity index (χ3v) is 3.00. The lowest BCUT2D eigenvalue weighted by Gasteiger charge is -2.33. The number of piperazine rings is 1. The number of pyridine rings is 1. The van der Waals surface area contributed by atoms with Gasteiger partial charge >= 0.3 is 0 Å². The Bertz CT molecular complexity index is 426. The Kier molecular flexibility index (Phi) is 3.14. The first kappa shape index (κ1) is 11.7. The molecule has 0 spiro atoms. The maximum absolute atomic E-state index is 11.0. The zero-order chi connectivity index (χ0) is 12.4. The second kappa shape index (κ2) is 4.58. The number of likely N-dealkylation sites (N-methyl/N-ethyl adjacent to an activating group) is 1. The van der Waals surface area contributed by atoms with Crippen LogP contribution in [0.25, 0.3) is 0 Å². The predicted octanol–water partition coefficient (Wildman–Crippen LogP) is -0.485. The number of hydrogen-bond acceptors (Lipinski definition) is 5. The van der Waals surface area contributed by atoms with E-state index in [9.17, 15) is 4.79 Å². The Morgan fingerprint density at radius 1 is 1.35 bits per heavy atom. The Labute approximate surface area is 100 Å². The van der Waals surface area contributed by atoms with Crippen LogP contribution in [0.15, 0.2) is 12.3 Å². The van der Waals surface area contributed by atoms with Gasteiger partial charge in [-0.05, 0) is 13.1 Å². The van der Waals surface area contributed by atoms with Crippen molar-refractivity contribution in [2.45, 2.75) is 0 Å². The molecule has 1 amide bonds. The van der Waals surface area contributed by atoms with Crippen molar-refractivity contribution in [3.8, 4) is 0 Å². The summed E-state index contributed by atoms with van der Waals surface area (Å²) in [6.07, 6.45) is 1.65. The molecule has 1 fully saturated rings. The van der Waals surface area contributed by atoms with E-state index in [4.69, 9.17) is 11.5 Å². The summed E-state index contributed by atoms with van der Waals surface area (Å²) in [6, 6.07) is 1.76. The van der Waals surface area contributed by atoms with E-state index in [0.717, 1.165) is 31.9 Å².